The lowest BCUT2D eigenvalue weighted by Gasteiger charge is -2.31. The van der Waals surface area contributed by atoms with E-state index < -0.39 is 12.0 Å². The number of aliphatic carboxylic acids is 1. The Balaban J connectivity index is 1.89. The minimum atomic E-state index is -0.878. The highest BCUT2D eigenvalue weighted by Gasteiger charge is 2.35. The molecule has 1 heterocycles. The van der Waals surface area contributed by atoms with Crippen LogP contribution in [0, 0.1) is 5.92 Å². The summed E-state index contributed by atoms with van der Waals surface area (Å²) in [4.78, 5) is 26.7. The number of likely N-dealkylation sites (tertiary alicyclic amines) is 1. The summed E-state index contributed by atoms with van der Waals surface area (Å²) >= 11 is 0. The summed E-state index contributed by atoms with van der Waals surface area (Å²) in [5, 5.41) is 9.12. The molecule has 0 unspecified atom stereocenters. The zero-order valence-electron chi connectivity index (χ0n) is 11.7. The molecular formula is C14H24N2O3. The van der Waals surface area contributed by atoms with Crippen molar-refractivity contribution in [3.63, 3.8) is 0 Å². The average molecular weight is 268 g/mol. The molecule has 1 N–H and O–H groups in total. The zero-order chi connectivity index (χ0) is 13.8. The molecule has 5 heteroatoms. The Labute approximate surface area is 114 Å². The fourth-order valence-electron chi connectivity index (χ4n) is 3.31. The van der Waals surface area contributed by atoms with Crippen molar-refractivity contribution in [2.45, 2.75) is 51.0 Å². The third-order valence-corrected chi connectivity index (χ3v) is 4.37. The second kappa shape index (κ2) is 6.26. The number of nitrogens with zero attached hydrogens (tertiary/aromatic N) is 2. The van der Waals surface area contributed by atoms with E-state index in [1.54, 1.807) is 11.9 Å². The number of amides is 2. The van der Waals surface area contributed by atoms with Crippen LogP contribution in [0.2, 0.25) is 0 Å². The fraction of sp³-hybridized carbons (Fsp3) is 0.857. The Morgan fingerprint density at radius 2 is 1.84 bits per heavy atom. The van der Waals surface area contributed by atoms with Gasteiger partial charge in [0.05, 0.1) is 0 Å². The first kappa shape index (κ1) is 14.2. The molecule has 2 aliphatic rings. The number of carbonyl (C=O) groups excluding carboxylic acids is 1. The van der Waals surface area contributed by atoms with Crippen molar-refractivity contribution in [2.75, 3.05) is 20.1 Å². The van der Waals surface area contributed by atoms with Gasteiger partial charge in [-0.15, -0.1) is 0 Å². The molecule has 0 bridgehead atoms. The normalized spacial score (nSPS) is 24.5. The molecule has 2 rings (SSSR count). The smallest absolute Gasteiger partial charge is 0.326 e. The van der Waals surface area contributed by atoms with Crippen molar-refractivity contribution >= 4 is 12.0 Å². The highest BCUT2D eigenvalue weighted by atomic mass is 16.4. The van der Waals surface area contributed by atoms with Gasteiger partial charge in [0.2, 0.25) is 0 Å². The molecule has 5 nitrogen and oxygen atoms in total. The van der Waals surface area contributed by atoms with Gasteiger partial charge in [0, 0.05) is 20.1 Å². The molecule has 0 spiro atoms. The first-order valence-corrected chi connectivity index (χ1v) is 7.34. The number of urea groups is 1. The molecule has 1 atom stereocenters. The maximum Gasteiger partial charge on any atom is 0.326 e. The Morgan fingerprint density at radius 1 is 1.16 bits per heavy atom. The maximum atomic E-state index is 12.3. The standard InChI is InChI=1S/C14H24N2O3/c1-15(10-11-6-3-2-4-7-11)14(19)16-9-5-8-12(16)13(17)18/h11-12H,2-10H2,1H3,(H,17,18)/t12-/m0/s1. The van der Waals surface area contributed by atoms with Crippen LogP contribution < -0.4 is 0 Å². The van der Waals surface area contributed by atoms with Crippen molar-refractivity contribution in [3.8, 4) is 0 Å². The Morgan fingerprint density at radius 3 is 2.47 bits per heavy atom. The van der Waals surface area contributed by atoms with E-state index in [-0.39, 0.29) is 6.03 Å². The predicted molar refractivity (Wildman–Crippen MR) is 72.0 cm³/mol. The van der Waals surface area contributed by atoms with E-state index in [2.05, 4.69) is 0 Å². The van der Waals surface area contributed by atoms with E-state index in [9.17, 15) is 9.59 Å². The van der Waals surface area contributed by atoms with Gasteiger partial charge in [-0.25, -0.2) is 9.59 Å². The van der Waals surface area contributed by atoms with Crippen LogP contribution >= 0.6 is 0 Å². The Bertz CT molecular complexity index is 340. The summed E-state index contributed by atoms with van der Waals surface area (Å²) in [5.41, 5.74) is 0. The van der Waals surface area contributed by atoms with E-state index in [4.69, 9.17) is 5.11 Å². The summed E-state index contributed by atoms with van der Waals surface area (Å²) < 4.78 is 0. The van der Waals surface area contributed by atoms with Crippen LogP contribution in [-0.2, 0) is 4.79 Å². The third-order valence-electron chi connectivity index (χ3n) is 4.37. The minimum absolute atomic E-state index is 0.115. The van der Waals surface area contributed by atoms with E-state index in [1.807, 2.05) is 0 Å². The molecule has 1 aliphatic carbocycles. The first-order valence-electron chi connectivity index (χ1n) is 7.34. The van der Waals surface area contributed by atoms with Gasteiger partial charge in [-0.2, -0.15) is 0 Å². The molecule has 2 fully saturated rings. The van der Waals surface area contributed by atoms with Gasteiger partial charge in [-0.05, 0) is 31.6 Å². The highest BCUT2D eigenvalue weighted by Crippen LogP contribution is 2.25. The van der Waals surface area contributed by atoms with Crippen molar-refractivity contribution in [1.82, 2.24) is 9.80 Å². The van der Waals surface area contributed by atoms with Gasteiger partial charge in [0.25, 0.3) is 0 Å². The van der Waals surface area contributed by atoms with Crippen LogP contribution in [0.1, 0.15) is 44.9 Å². The topological polar surface area (TPSA) is 60.9 Å². The van der Waals surface area contributed by atoms with Gasteiger partial charge in [0.15, 0.2) is 0 Å². The summed E-state index contributed by atoms with van der Waals surface area (Å²) in [7, 11) is 1.80. The molecule has 0 aromatic carbocycles. The minimum Gasteiger partial charge on any atom is -0.480 e. The van der Waals surface area contributed by atoms with Crippen LogP contribution in [-0.4, -0.2) is 53.1 Å². The highest BCUT2D eigenvalue weighted by molar-refractivity contribution is 5.83. The fourth-order valence-corrected chi connectivity index (χ4v) is 3.31. The predicted octanol–water partition coefficient (Wildman–Crippen LogP) is 2.17. The zero-order valence-corrected chi connectivity index (χ0v) is 11.7. The molecule has 2 amide bonds. The van der Waals surface area contributed by atoms with Gasteiger partial charge in [-0.1, -0.05) is 19.3 Å². The monoisotopic (exact) mass is 268 g/mol. The number of carbonyl (C=O) groups is 2. The van der Waals surface area contributed by atoms with Gasteiger partial charge >= 0.3 is 12.0 Å². The summed E-state index contributed by atoms with van der Waals surface area (Å²) in [6.07, 6.45) is 7.59. The number of rotatable bonds is 3. The lowest BCUT2D eigenvalue weighted by molar-refractivity contribution is -0.141. The van der Waals surface area contributed by atoms with Crippen LogP contribution in [0.15, 0.2) is 0 Å². The maximum absolute atomic E-state index is 12.3. The number of carboxylic acids is 1. The third kappa shape index (κ3) is 3.39. The van der Waals surface area contributed by atoms with Crippen molar-refractivity contribution < 1.29 is 14.7 Å². The van der Waals surface area contributed by atoms with Crippen molar-refractivity contribution in [2.24, 2.45) is 5.92 Å². The molecule has 0 aromatic heterocycles. The number of hydrogen-bond acceptors (Lipinski definition) is 2. The van der Waals surface area contributed by atoms with Crippen molar-refractivity contribution in [1.29, 1.82) is 0 Å². The first-order chi connectivity index (χ1) is 9.09. The van der Waals surface area contributed by atoms with Gasteiger partial charge in [-0.3, -0.25) is 0 Å². The second-order valence-electron chi connectivity index (χ2n) is 5.86. The van der Waals surface area contributed by atoms with Crippen LogP contribution in [0.3, 0.4) is 0 Å². The lowest BCUT2D eigenvalue weighted by Crippen LogP contribution is -2.47. The second-order valence-corrected chi connectivity index (χ2v) is 5.86. The summed E-state index contributed by atoms with van der Waals surface area (Å²) in [6.45, 7) is 1.34. The SMILES string of the molecule is CN(CC1CCCCC1)C(=O)N1CCC[C@H]1C(=O)O. The molecule has 1 aliphatic heterocycles. The largest absolute Gasteiger partial charge is 0.480 e. The quantitative estimate of drug-likeness (QED) is 0.853. The van der Waals surface area contributed by atoms with E-state index in [0.29, 0.717) is 18.9 Å². The molecule has 0 aromatic rings. The average Bonchev–Trinajstić information content (AvgIpc) is 2.88. The lowest BCUT2D eigenvalue weighted by atomic mass is 9.89. The van der Waals surface area contributed by atoms with Gasteiger partial charge < -0.3 is 14.9 Å². The number of hydrogen-bond donors (Lipinski definition) is 1. The molecule has 1 saturated heterocycles. The van der Waals surface area contributed by atoms with Crippen LogP contribution in [0.25, 0.3) is 0 Å². The van der Waals surface area contributed by atoms with E-state index >= 15 is 0 Å². The van der Waals surface area contributed by atoms with E-state index in [0.717, 1.165) is 13.0 Å². The Kier molecular flexibility index (Phi) is 4.66. The molecule has 19 heavy (non-hydrogen) atoms. The molecule has 108 valence electrons. The molecular weight excluding hydrogens is 244 g/mol. The Hall–Kier alpha value is -1.26. The summed E-state index contributed by atoms with van der Waals surface area (Å²) in [5.74, 6) is -0.287. The van der Waals surface area contributed by atoms with Gasteiger partial charge in [0.1, 0.15) is 6.04 Å². The van der Waals surface area contributed by atoms with Crippen LogP contribution in [0.4, 0.5) is 4.79 Å². The number of carboxylic acid groups (broad SMARTS) is 1. The molecule has 0 radical (unpaired) electrons. The van der Waals surface area contributed by atoms with Crippen LogP contribution in [0.5, 0.6) is 0 Å². The summed E-state index contributed by atoms with van der Waals surface area (Å²) in [6, 6.07) is -0.739. The van der Waals surface area contributed by atoms with Crippen molar-refractivity contribution in [3.05, 3.63) is 0 Å². The molecule has 1 saturated carbocycles. The van der Waals surface area contributed by atoms with E-state index in [1.165, 1.54) is 37.0 Å².